The Morgan fingerprint density at radius 3 is 2.51 bits per heavy atom. The first-order chi connectivity index (χ1) is 16.8. The van der Waals surface area contributed by atoms with E-state index in [1.54, 1.807) is 24.3 Å². The van der Waals surface area contributed by atoms with Gasteiger partial charge in [0.05, 0.1) is 24.2 Å². The molecule has 0 radical (unpaired) electrons. The van der Waals surface area contributed by atoms with Gasteiger partial charge < -0.3 is 14.6 Å². The van der Waals surface area contributed by atoms with Crippen LogP contribution in [0.2, 0.25) is 0 Å². The summed E-state index contributed by atoms with van der Waals surface area (Å²) >= 11 is 0. The number of amides is 2. The molecule has 8 nitrogen and oxygen atoms in total. The number of furan rings is 1. The summed E-state index contributed by atoms with van der Waals surface area (Å²) in [4.78, 5) is 27.5. The fraction of sp³-hybridized carbons (Fsp3) is 0.308. The van der Waals surface area contributed by atoms with Gasteiger partial charge in [0.1, 0.15) is 12.3 Å². The summed E-state index contributed by atoms with van der Waals surface area (Å²) in [6.07, 6.45) is 5.31. The van der Waals surface area contributed by atoms with Crippen LogP contribution in [0.5, 0.6) is 0 Å². The monoisotopic (exact) mass is 495 g/mol. The van der Waals surface area contributed by atoms with E-state index >= 15 is 0 Å². The van der Waals surface area contributed by atoms with Gasteiger partial charge in [0.2, 0.25) is 21.8 Å². The van der Waals surface area contributed by atoms with Gasteiger partial charge in [-0.3, -0.25) is 9.59 Å². The lowest BCUT2D eigenvalue weighted by atomic mass is 9.90. The number of nitrogens with zero attached hydrogens (tertiary/aromatic N) is 1. The first-order valence-corrected chi connectivity index (χ1v) is 13.1. The smallest absolute Gasteiger partial charge is 0.242 e. The largest absolute Gasteiger partial charge is 0.467 e. The minimum atomic E-state index is -3.88. The summed E-state index contributed by atoms with van der Waals surface area (Å²) in [7, 11) is -3.88. The highest BCUT2D eigenvalue weighted by molar-refractivity contribution is 7.89. The maximum absolute atomic E-state index is 13.3. The first kappa shape index (κ1) is 24.7. The Labute approximate surface area is 205 Å². The van der Waals surface area contributed by atoms with Crippen molar-refractivity contribution in [2.75, 3.05) is 18.0 Å². The lowest BCUT2D eigenvalue weighted by molar-refractivity contribution is -0.123. The van der Waals surface area contributed by atoms with Crippen molar-refractivity contribution < 1.29 is 22.4 Å². The third-order valence-electron chi connectivity index (χ3n) is 6.05. The Morgan fingerprint density at radius 1 is 1.00 bits per heavy atom. The third-order valence-corrected chi connectivity index (χ3v) is 7.47. The van der Waals surface area contributed by atoms with Crippen molar-refractivity contribution in [3.8, 4) is 0 Å². The number of rotatable bonds is 9. The van der Waals surface area contributed by atoms with Gasteiger partial charge in [-0.05, 0) is 74.1 Å². The molecule has 1 heterocycles. The average molecular weight is 496 g/mol. The molecule has 0 saturated carbocycles. The highest BCUT2D eigenvalue weighted by Crippen LogP contribution is 2.30. The van der Waals surface area contributed by atoms with E-state index in [9.17, 15) is 18.0 Å². The SMILES string of the molecule is Cc1ccc(S(=O)(=O)NCC(=O)N(CC(=O)NCc2ccco2)c2cccc3c2CCCC3)cc1. The molecule has 1 aromatic heterocycles. The van der Waals surface area contributed by atoms with E-state index in [1.165, 1.54) is 23.3 Å². The zero-order chi connectivity index (χ0) is 24.8. The van der Waals surface area contributed by atoms with Crippen LogP contribution < -0.4 is 14.9 Å². The van der Waals surface area contributed by atoms with E-state index in [0.717, 1.165) is 42.4 Å². The molecule has 2 N–H and O–H groups in total. The molecule has 4 rings (SSSR count). The molecule has 0 unspecified atom stereocenters. The minimum absolute atomic E-state index is 0.0794. The Bertz CT molecular complexity index is 1290. The van der Waals surface area contributed by atoms with Crippen molar-refractivity contribution in [1.29, 1.82) is 0 Å². The highest BCUT2D eigenvalue weighted by Gasteiger charge is 2.25. The molecule has 0 bridgehead atoms. The lowest BCUT2D eigenvalue weighted by Gasteiger charge is -2.28. The molecular weight excluding hydrogens is 466 g/mol. The van der Waals surface area contributed by atoms with Gasteiger partial charge in [-0.25, -0.2) is 13.1 Å². The third kappa shape index (κ3) is 6.17. The molecule has 1 aliphatic carbocycles. The van der Waals surface area contributed by atoms with Crippen LogP contribution in [0.15, 0.2) is 70.2 Å². The maximum atomic E-state index is 13.3. The Hall–Kier alpha value is -3.43. The number of sulfonamides is 1. The number of carbonyl (C=O) groups is 2. The van der Waals surface area contributed by atoms with Crippen LogP contribution in [-0.4, -0.2) is 33.3 Å². The number of benzene rings is 2. The van der Waals surface area contributed by atoms with Crippen LogP contribution in [-0.2, 0) is 39.0 Å². The molecule has 0 fully saturated rings. The number of aryl methyl sites for hydroxylation is 2. The number of carbonyl (C=O) groups excluding carboxylic acids is 2. The molecular formula is C26H29N3O5S. The maximum Gasteiger partial charge on any atom is 0.242 e. The number of nitrogens with one attached hydrogen (secondary N) is 2. The summed E-state index contributed by atoms with van der Waals surface area (Å²) < 4.78 is 33.1. The second-order valence-corrected chi connectivity index (χ2v) is 10.4. The Balaban J connectivity index is 1.53. The highest BCUT2D eigenvalue weighted by atomic mass is 32.2. The van der Waals surface area contributed by atoms with Gasteiger partial charge in [0.15, 0.2) is 0 Å². The van der Waals surface area contributed by atoms with E-state index in [2.05, 4.69) is 10.0 Å². The Morgan fingerprint density at radius 2 is 1.77 bits per heavy atom. The molecule has 0 atom stereocenters. The molecule has 184 valence electrons. The van der Waals surface area contributed by atoms with Gasteiger partial charge >= 0.3 is 0 Å². The lowest BCUT2D eigenvalue weighted by Crippen LogP contribution is -2.45. The van der Waals surface area contributed by atoms with Crippen molar-refractivity contribution >= 4 is 27.5 Å². The van der Waals surface area contributed by atoms with Crippen LogP contribution >= 0.6 is 0 Å². The van der Waals surface area contributed by atoms with E-state index in [-0.39, 0.29) is 23.9 Å². The summed E-state index contributed by atoms with van der Waals surface area (Å²) in [5, 5.41) is 2.76. The molecule has 0 saturated heterocycles. The molecule has 0 aliphatic heterocycles. The quantitative estimate of drug-likeness (QED) is 0.474. The van der Waals surface area contributed by atoms with Gasteiger partial charge in [0.25, 0.3) is 0 Å². The minimum Gasteiger partial charge on any atom is -0.467 e. The average Bonchev–Trinajstić information content (AvgIpc) is 3.38. The predicted octanol–water partition coefficient (Wildman–Crippen LogP) is 3.09. The standard InChI is InChI=1S/C26H29N3O5S/c1-19-11-13-22(14-12-19)35(32,33)28-17-26(31)29(18-25(30)27-16-21-8-5-15-34-21)24-10-4-7-20-6-2-3-9-23(20)24/h4-5,7-8,10-15,28H,2-3,6,9,16-18H2,1H3,(H,27,30). The van der Waals surface area contributed by atoms with E-state index in [0.29, 0.717) is 11.4 Å². The summed E-state index contributed by atoms with van der Waals surface area (Å²) in [5.41, 5.74) is 3.77. The number of hydrogen-bond acceptors (Lipinski definition) is 5. The summed E-state index contributed by atoms with van der Waals surface area (Å²) in [6.45, 7) is 1.36. The van der Waals surface area contributed by atoms with Crippen LogP contribution in [0.25, 0.3) is 0 Å². The van der Waals surface area contributed by atoms with Crippen LogP contribution in [0.1, 0.15) is 35.3 Å². The van der Waals surface area contributed by atoms with Crippen molar-refractivity contribution in [3.05, 3.63) is 83.3 Å². The van der Waals surface area contributed by atoms with Crippen LogP contribution in [0.3, 0.4) is 0 Å². The topological polar surface area (TPSA) is 109 Å². The van der Waals surface area contributed by atoms with Crippen molar-refractivity contribution in [2.45, 2.75) is 44.0 Å². The van der Waals surface area contributed by atoms with Crippen molar-refractivity contribution in [3.63, 3.8) is 0 Å². The fourth-order valence-electron chi connectivity index (χ4n) is 4.17. The normalized spacial score (nSPS) is 13.2. The van der Waals surface area contributed by atoms with E-state index < -0.39 is 22.5 Å². The second-order valence-electron chi connectivity index (χ2n) is 8.60. The molecule has 2 amide bonds. The molecule has 0 spiro atoms. The fourth-order valence-corrected chi connectivity index (χ4v) is 5.15. The molecule has 1 aliphatic rings. The van der Waals surface area contributed by atoms with Crippen molar-refractivity contribution in [2.24, 2.45) is 0 Å². The second kappa shape index (κ2) is 10.9. The molecule has 35 heavy (non-hydrogen) atoms. The molecule has 3 aromatic rings. The predicted molar refractivity (Wildman–Crippen MR) is 132 cm³/mol. The van der Waals surface area contributed by atoms with Gasteiger partial charge in [0, 0.05) is 5.69 Å². The number of fused-ring (bicyclic) bond motifs is 1. The number of hydrogen-bond donors (Lipinski definition) is 2. The molecule has 2 aromatic carbocycles. The molecule has 9 heteroatoms. The van der Waals surface area contributed by atoms with E-state index in [1.807, 2.05) is 25.1 Å². The van der Waals surface area contributed by atoms with E-state index in [4.69, 9.17) is 4.42 Å². The number of anilines is 1. The van der Waals surface area contributed by atoms with Crippen LogP contribution in [0.4, 0.5) is 5.69 Å². The van der Waals surface area contributed by atoms with Gasteiger partial charge in [-0.1, -0.05) is 29.8 Å². The summed E-state index contributed by atoms with van der Waals surface area (Å²) in [5.74, 6) is -0.281. The Kier molecular flexibility index (Phi) is 7.67. The zero-order valence-electron chi connectivity index (χ0n) is 19.6. The first-order valence-electron chi connectivity index (χ1n) is 11.6. The van der Waals surface area contributed by atoms with Gasteiger partial charge in [-0.2, -0.15) is 0 Å². The zero-order valence-corrected chi connectivity index (χ0v) is 20.4. The van der Waals surface area contributed by atoms with Gasteiger partial charge in [-0.15, -0.1) is 0 Å². The van der Waals surface area contributed by atoms with Crippen molar-refractivity contribution in [1.82, 2.24) is 10.0 Å². The summed E-state index contributed by atoms with van der Waals surface area (Å²) in [6, 6.07) is 15.6. The van der Waals surface area contributed by atoms with Crippen LogP contribution in [0, 0.1) is 6.92 Å².